The van der Waals surface area contributed by atoms with Gasteiger partial charge in [0.25, 0.3) is 11.7 Å². The third-order valence-corrected chi connectivity index (χ3v) is 6.07. The molecule has 186 valence electrons. The van der Waals surface area contributed by atoms with Crippen LogP contribution in [0, 0.1) is 0 Å². The summed E-state index contributed by atoms with van der Waals surface area (Å²) in [5.41, 5.74) is 1.22. The van der Waals surface area contributed by atoms with Crippen molar-refractivity contribution >= 4 is 17.4 Å². The number of aliphatic hydroxyl groups excluding tert-OH is 1. The summed E-state index contributed by atoms with van der Waals surface area (Å²) in [6.45, 7) is 13.2. The van der Waals surface area contributed by atoms with E-state index in [9.17, 15) is 14.7 Å². The van der Waals surface area contributed by atoms with E-state index >= 15 is 0 Å². The number of likely N-dealkylation sites (tertiary alicyclic amines) is 1. The van der Waals surface area contributed by atoms with E-state index in [0.717, 1.165) is 13.1 Å². The van der Waals surface area contributed by atoms with E-state index < -0.39 is 17.7 Å². The van der Waals surface area contributed by atoms with Gasteiger partial charge in [-0.25, -0.2) is 0 Å². The molecule has 0 unspecified atom stereocenters. The van der Waals surface area contributed by atoms with Crippen molar-refractivity contribution in [2.45, 2.75) is 26.8 Å². The van der Waals surface area contributed by atoms with Crippen LogP contribution in [0.2, 0.25) is 0 Å². The minimum Gasteiger partial charge on any atom is -0.507 e. The van der Waals surface area contributed by atoms with Crippen LogP contribution in [0.3, 0.4) is 0 Å². The molecule has 1 aliphatic heterocycles. The summed E-state index contributed by atoms with van der Waals surface area (Å²) in [6.07, 6.45) is 1.64. The number of carbonyl (C=O) groups excluding carboxylic acids is 2. The summed E-state index contributed by atoms with van der Waals surface area (Å²) in [4.78, 5) is 30.1. The van der Waals surface area contributed by atoms with E-state index in [4.69, 9.17) is 9.47 Å². The summed E-state index contributed by atoms with van der Waals surface area (Å²) >= 11 is 0. The minimum atomic E-state index is -0.720. The number of rotatable bonds is 12. The molecule has 1 N–H and O–H groups in total. The number of benzene rings is 2. The summed E-state index contributed by atoms with van der Waals surface area (Å²) in [6, 6.07) is 13.4. The van der Waals surface area contributed by atoms with Crippen LogP contribution in [0.5, 0.6) is 11.5 Å². The van der Waals surface area contributed by atoms with Gasteiger partial charge >= 0.3 is 0 Å². The predicted octanol–water partition coefficient (Wildman–Crippen LogP) is 4.41. The molecule has 7 heteroatoms. The van der Waals surface area contributed by atoms with Gasteiger partial charge in [-0.2, -0.15) is 0 Å². The van der Waals surface area contributed by atoms with Gasteiger partial charge in [-0.3, -0.25) is 9.59 Å². The molecule has 0 spiro atoms. The molecule has 3 rings (SSSR count). The number of likely N-dealkylation sites (N-methyl/N-ethyl adjacent to an activating group) is 1. The first-order valence-electron chi connectivity index (χ1n) is 12.0. The molecule has 0 radical (unpaired) electrons. The standard InChI is InChI=1S/C28H34N2O5/c1-5-18-35-22-14-12-20(13-15-22)26(31)24-25(21-10-9-11-23(19-21)34-8-4)30(28(33)27(24)32)17-16-29(6-2)7-3/h5,9-15,19,25,31H,1,6-8,16-18H2,2-4H3/t25-/m0/s1. The van der Waals surface area contributed by atoms with Crippen molar-refractivity contribution in [3.05, 3.63) is 77.9 Å². The van der Waals surface area contributed by atoms with Crippen LogP contribution >= 0.6 is 0 Å². The zero-order chi connectivity index (χ0) is 25.4. The molecule has 1 fully saturated rings. The molecule has 1 aliphatic rings. The first-order chi connectivity index (χ1) is 16.9. The molecule has 0 aromatic heterocycles. The Kier molecular flexibility index (Phi) is 9.09. The molecule has 2 aromatic carbocycles. The Morgan fingerprint density at radius 3 is 2.40 bits per heavy atom. The molecule has 0 bridgehead atoms. The third-order valence-electron chi connectivity index (χ3n) is 6.07. The van der Waals surface area contributed by atoms with Gasteiger partial charge in [0.15, 0.2) is 0 Å². The zero-order valence-corrected chi connectivity index (χ0v) is 20.7. The highest BCUT2D eigenvalue weighted by Crippen LogP contribution is 2.40. The molecule has 1 heterocycles. The highest BCUT2D eigenvalue weighted by molar-refractivity contribution is 6.46. The van der Waals surface area contributed by atoms with E-state index in [1.54, 1.807) is 35.2 Å². The van der Waals surface area contributed by atoms with E-state index in [1.165, 1.54) is 0 Å². The van der Waals surface area contributed by atoms with E-state index in [0.29, 0.717) is 48.9 Å². The van der Waals surface area contributed by atoms with Crippen LogP contribution in [0.15, 0.2) is 66.8 Å². The van der Waals surface area contributed by atoms with Crippen LogP contribution < -0.4 is 9.47 Å². The lowest BCUT2D eigenvalue weighted by Gasteiger charge is -2.28. The molecule has 2 aromatic rings. The topological polar surface area (TPSA) is 79.3 Å². The average molecular weight is 479 g/mol. The Labute approximate surface area is 207 Å². The second kappa shape index (κ2) is 12.2. The van der Waals surface area contributed by atoms with Crippen LogP contribution in [-0.4, -0.2) is 66.0 Å². The fraction of sp³-hybridized carbons (Fsp3) is 0.357. The van der Waals surface area contributed by atoms with Crippen LogP contribution in [-0.2, 0) is 9.59 Å². The minimum absolute atomic E-state index is 0.0722. The second-order valence-electron chi connectivity index (χ2n) is 8.15. The Hall–Kier alpha value is -3.58. The van der Waals surface area contributed by atoms with Gasteiger partial charge in [-0.1, -0.05) is 38.6 Å². The smallest absolute Gasteiger partial charge is 0.295 e. The van der Waals surface area contributed by atoms with Crippen molar-refractivity contribution in [1.82, 2.24) is 9.80 Å². The van der Waals surface area contributed by atoms with E-state index in [1.807, 2.05) is 31.2 Å². The van der Waals surface area contributed by atoms with Crippen molar-refractivity contribution in [3.8, 4) is 11.5 Å². The lowest BCUT2D eigenvalue weighted by atomic mass is 9.95. The average Bonchev–Trinajstić information content (AvgIpc) is 3.13. The van der Waals surface area contributed by atoms with Gasteiger partial charge in [0.05, 0.1) is 18.2 Å². The maximum absolute atomic E-state index is 13.2. The number of ketones is 1. The Morgan fingerprint density at radius 2 is 1.77 bits per heavy atom. The third kappa shape index (κ3) is 5.92. The highest BCUT2D eigenvalue weighted by Gasteiger charge is 2.46. The monoisotopic (exact) mass is 478 g/mol. The number of nitrogens with zero attached hydrogens (tertiary/aromatic N) is 2. The molecule has 1 atom stereocenters. The molecule has 1 amide bonds. The van der Waals surface area contributed by atoms with Gasteiger partial charge < -0.3 is 24.4 Å². The van der Waals surface area contributed by atoms with Gasteiger partial charge in [0, 0.05) is 18.7 Å². The van der Waals surface area contributed by atoms with Crippen LogP contribution in [0.25, 0.3) is 5.76 Å². The number of hydrogen-bond donors (Lipinski definition) is 1. The van der Waals surface area contributed by atoms with Crippen molar-refractivity contribution < 1.29 is 24.2 Å². The number of amides is 1. The number of hydrogen-bond acceptors (Lipinski definition) is 6. The molecule has 0 aliphatic carbocycles. The maximum atomic E-state index is 13.2. The fourth-order valence-electron chi connectivity index (χ4n) is 4.21. The van der Waals surface area contributed by atoms with E-state index in [-0.39, 0.29) is 11.3 Å². The SMILES string of the molecule is C=CCOc1ccc(C(O)=C2C(=O)C(=O)N(CCN(CC)CC)[C@H]2c2cccc(OCC)c2)cc1. The molecule has 7 nitrogen and oxygen atoms in total. The Bertz CT molecular complexity index is 1070. The van der Waals surface area contributed by atoms with Crippen molar-refractivity contribution in [2.24, 2.45) is 0 Å². The first kappa shape index (κ1) is 26.0. The largest absolute Gasteiger partial charge is 0.507 e. The second-order valence-corrected chi connectivity index (χ2v) is 8.15. The molecular formula is C28H34N2O5. The first-order valence-corrected chi connectivity index (χ1v) is 12.0. The van der Waals surface area contributed by atoms with Gasteiger partial charge in [0.1, 0.15) is 23.9 Å². The fourth-order valence-corrected chi connectivity index (χ4v) is 4.21. The molecular weight excluding hydrogens is 444 g/mol. The number of Topliss-reactive ketones (excluding diaryl/α,β-unsaturated/α-hetero) is 1. The van der Waals surface area contributed by atoms with Crippen LogP contribution in [0.4, 0.5) is 0 Å². The summed E-state index contributed by atoms with van der Waals surface area (Å²) < 4.78 is 11.2. The molecule has 0 saturated carbocycles. The molecule has 35 heavy (non-hydrogen) atoms. The van der Waals surface area contributed by atoms with Gasteiger partial charge in [0.2, 0.25) is 0 Å². The summed E-state index contributed by atoms with van der Waals surface area (Å²) in [7, 11) is 0. The van der Waals surface area contributed by atoms with Gasteiger partial charge in [-0.15, -0.1) is 0 Å². The summed E-state index contributed by atoms with van der Waals surface area (Å²) in [5.74, 6) is -0.266. The van der Waals surface area contributed by atoms with Crippen molar-refractivity contribution in [3.63, 3.8) is 0 Å². The number of carbonyl (C=O) groups is 2. The van der Waals surface area contributed by atoms with Crippen molar-refractivity contribution in [1.29, 1.82) is 0 Å². The normalized spacial score (nSPS) is 17.1. The van der Waals surface area contributed by atoms with Gasteiger partial charge in [-0.05, 0) is 62.0 Å². The highest BCUT2D eigenvalue weighted by atomic mass is 16.5. The summed E-state index contributed by atoms with van der Waals surface area (Å²) in [5, 5.41) is 11.2. The number of ether oxygens (including phenoxy) is 2. The lowest BCUT2D eigenvalue weighted by Crippen LogP contribution is -2.38. The number of aliphatic hydroxyl groups is 1. The molecule has 1 saturated heterocycles. The zero-order valence-electron chi connectivity index (χ0n) is 20.7. The van der Waals surface area contributed by atoms with E-state index in [2.05, 4.69) is 25.3 Å². The van der Waals surface area contributed by atoms with Crippen LogP contribution in [0.1, 0.15) is 37.9 Å². The Morgan fingerprint density at radius 1 is 1.06 bits per heavy atom. The predicted molar refractivity (Wildman–Crippen MR) is 137 cm³/mol. The lowest BCUT2D eigenvalue weighted by molar-refractivity contribution is -0.140. The quantitative estimate of drug-likeness (QED) is 0.211. The van der Waals surface area contributed by atoms with Crippen molar-refractivity contribution in [2.75, 3.05) is 39.4 Å². The maximum Gasteiger partial charge on any atom is 0.295 e. The Balaban J connectivity index is 2.06.